The quantitative estimate of drug-likeness (QED) is 0.191. The first-order valence-corrected chi connectivity index (χ1v) is 17.9. The van der Waals surface area contributed by atoms with Gasteiger partial charge < -0.3 is 4.43 Å². The minimum Gasteiger partial charge on any atom is -0.395 e. The number of anilines is 2. The second kappa shape index (κ2) is 11.9. The number of carbonyl (C=O) groups excluding carboxylic acids is 1. The maximum absolute atomic E-state index is 13.8. The summed E-state index contributed by atoms with van der Waals surface area (Å²) in [6.07, 6.45) is 4.20. The number of hydrogen-bond donors (Lipinski definition) is 0. The summed E-state index contributed by atoms with van der Waals surface area (Å²) in [6, 6.07) is 23.5. The van der Waals surface area contributed by atoms with E-state index in [4.69, 9.17) is 4.43 Å². The van der Waals surface area contributed by atoms with Crippen LogP contribution in [0.25, 0.3) is 0 Å². The molecule has 1 aliphatic rings. The Hall–Kier alpha value is -3.64. The highest BCUT2D eigenvalue weighted by Gasteiger charge is 2.53. The third kappa shape index (κ3) is 5.45. The minimum atomic E-state index is -3.93. The Morgan fingerprint density at radius 2 is 1.69 bits per heavy atom. The first-order valence-electron chi connectivity index (χ1n) is 13.7. The van der Waals surface area contributed by atoms with Crippen LogP contribution in [0.5, 0.6) is 0 Å². The van der Waals surface area contributed by atoms with Gasteiger partial charge in [0, 0.05) is 24.3 Å². The van der Waals surface area contributed by atoms with Crippen molar-refractivity contribution >= 4 is 56.9 Å². The highest BCUT2D eigenvalue weighted by atomic mass is 32.2. The van der Waals surface area contributed by atoms with Gasteiger partial charge in [-0.1, -0.05) is 87.5 Å². The first-order chi connectivity index (χ1) is 20.1. The van der Waals surface area contributed by atoms with Gasteiger partial charge >= 0.3 is 0 Å². The van der Waals surface area contributed by atoms with E-state index >= 15 is 0 Å². The molecule has 2 aromatic heterocycles. The molecule has 0 saturated carbocycles. The van der Waals surface area contributed by atoms with Gasteiger partial charge in [-0.25, -0.2) is 22.7 Å². The molecule has 5 rings (SSSR count). The fourth-order valence-electron chi connectivity index (χ4n) is 5.44. The standard InChI is InChI=1S/C31H34N4O4S2Si/c1-5-20-35(30-32-19-22-40-30)41(37,38)24-16-17-28(33-23-24)34-21-18-27(29(34)36)39-42(31(2,3)4,25-12-8-6-9-13-25)26-14-10-7-11-15-26/h5-17,19,22-23,27H,1,18,20-21H2,2-4H3/t27-/m1/s1. The topological polar surface area (TPSA) is 92.7 Å². The molecule has 3 heterocycles. The molecule has 218 valence electrons. The van der Waals surface area contributed by atoms with Gasteiger partial charge in [0.05, 0.1) is 6.54 Å². The van der Waals surface area contributed by atoms with E-state index in [2.05, 4.69) is 61.6 Å². The van der Waals surface area contributed by atoms with Gasteiger partial charge in [0.25, 0.3) is 24.2 Å². The highest BCUT2D eigenvalue weighted by molar-refractivity contribution is 7.93. The largest absolute Gasteiger partial charge is 0.395 e. The summed E-state index contributed by atoms with van der Waals surface area (Å²) in [6.45, 7) is 10.7. The lowest BCUT2D eigenvalue weighted by Gasteiger charge is -2.44. The molecule has 42 heavy (non-hydrogen) atoms. The lowest BCUT2D eigenvalue weighted by Crippen LogP contribution is -2.68. The molecule has 0 radical (unpaired) electrons. The van der Waals surface area contributed by atoms with E-state index in [0.717, 1.165) is 10.4 Å². The average Bonchev–Trinajstić information content (AvgIpc) is 3.65. The molecule has 0 unspecified atom stereocenters. The third-order valence-electron chi connectivity index (χ3n) is 7.41. The maximum Gasteiger partial charge on any atom is 0.267 e. The third-order valence-corrected chi connectivity index (χ3v) is 15.1. The molecule has 1 fully saturated rings. The number of amides is 1. The fraction of sp³-hybridized carbons (Fsp3) is 0.258. The number of benzene rings is 2. The van der Waals surface area contributed by atoms with E-state index in [1.54, 1.807) is 22.5 Å². The van der Waals surface area contributed by atoms with Gasteiger partial charge in [0.1, 0.15) is 16.8 Å². The van der Waals surface area contributed by atoms with E-state index in [0.29, 0.717) is 23.9 Å². The van der Waals surface area contributed by atoms with Crippen LogP contribution in [0.1, 0.15) is 27.2 Å². The van der Waals surface area contributed by atoms with Crippen LogP contribution < -0.4 is 19.6 Å². The predicted molar refractivity (Wildman–Crippen MR) is 171 cm³/mol. The van der Waals surface area contributed by atoms with Crippen LogP contribution in [0, 0.1) is 0 Å². The van der Waals surface area contributed by atoms with Crippen molar-refractivity contribution in [3.05, 3.63) is 103 Å². The Morgan fingerprint density at radius 1 is 1.05 bits per heavy atom. The van der Waals surface area contributed by atoms with E-state index in [-0.39, 0.29) is 22.4 Å². The smallest absolute Gasteiger partial charge is 0.267 e. The van der Waals surface area contributed by atoms with Crippen molar-refractivity contribution < 1.29 is 17.6 Å². The maximum atomic E-state index is 13.8. The SMILES string of the molecule is C=CCN(c1nccs1)S(=O)(=O)c1ccc(N2CC[C@@H](O[Si](c3ccccc3)(c3ccccc3)C(C)(C)C)C2=O)nc1. The summed E-state index contributed by atoms with van der Waals surface area (Å²) in [5, 5.41) is 4.00. The van der Waals surface area contributed by atoms with Gasteiger partial charge in [-0.2, -0.15) is 0 Å². The fourth-order valence-corrected chi connectivity index (χ4v) is 12.3. The molecule has 0 spiro atoms. The Kier molecular flexibility index (Phi) is 8.47. The van der Waals surface area contributed by atoms with E-state index in [1.807, 2.05) is 36.4 Å². The molecule has 1 amide bonds. The number of thiazole rings is 1. The molecular formula is C31H34N4O4S2Si. The van der Waals surface area contributed by atoms with Crippen LogP contribution in [0.3, 0.4) is 0 Å². The van der Waals surface area contributed by atoms with Crippen LogP contribution >= 0.6 is 11.3 Å². The number of nitrogens with zero attached hydrogens (tertiary/aromatic N) is 4. The highest BCUT2D eigenvalue weighted by Crippen LogP contribution is 2.39. The number of carbonyl (C=O) groups is 1. The molecular weight excluding hydrogens is 585 g/mol. The zero-order valence-electron chi connectivity index (χ0n) is 23.9. The monoisotopic (exact) mass is 618 g/mol. The van der Waals surface area contributed by atoms with Gasteiger partial charge in [0.15, 0.2) is 5.13 Å². The molecule has 8 nitrogen and oxygen atoms in total. The predicted octanol–water partition coefficient (Wildman–Crippen LogP) is 4.60. The second-order valence-electron chi connectivity index (χ2n) is 11.0. The van der Waals surface area contributed by atoms with E-state index in [1.165, 1.54) is 34.0 Å². The molecule has 0 N–H and O–H groups in total. The number of sulfonamides is 1. The van der Waals surface area contributed by atoms with Gasteiger partial charge in [0.2, 0.25) is 0 Å². The normalized spacial score (nSPS) is 16.0. The molecule has 1 aliphatic heterocycles. The van der Waals surface area contributed by atoms with Crippen LogP contribution in [0.4, 0.5) is 10.9 Å². The van der Waals surface area contributed by atoms with Crippen molar-refractivity contribution in [3.8, 4) is 0 Å². The molecule has 1 saturated heterocycles. The van der Waals surface area contributed by atoms with Crippen LogP contribution in [-0.2, 0) is 19.2 Å². The number of rotatable bonds is 10. The van der Waals surface area contributed by atoms with Crippen molar-refractivity contribution in [2.45, 2.75) is 43.2 Å². The zero-order chi connectivity index (χ0) is 30.0. The average molecular weight is 619 g/mol. The summed E-state index contributed by atoms with van der Waals surface area (Å²) in [4.78, 5) is 24.0. The Bertz CT molecular complexity index is 1590. The lowest BCUT2D eigenvalue weighted by atomic mass is 10.2. The Balaban J connectivity index is 1.43. The minimum absolute atomic E-state index is 0.00931. The van der Waals surface area contributed by atoms with Gasteiger partial charge in [-0.15, -0.1) is 17.9 Å². The summed E-state index contributed by atoms with van der Waals surface area (Å²) in [5.74, 6) is 0.208. The van der Waals surface area contributed by atoms with Crippen LogP contribution in [0.15, 0.2) is 108 Å². The van der Waals surface area contributed by atoms with Gasteiger partial charge in [-0.3, -0.25) is 9.69 Å². The summed E-state index contributed by atoms with van der Waals surface area (Å²) in [7, 11) is -6.86. The molecule has 2 aromatic carbocycles. The van der Waals surface area contributed by atoms with Crippen molar-refractivity contribution in [3.63, 3.8) is 0 Å². The molecule has 1 atom stereocenters. The Morgan fingerprint density at radius 3 is 2.19 bits per heavy atom. The number of aromatic nitrogens is 2. The summed E-state index contributed by atoms with van der Waals surface area (Å²) < 4.78 is 35.1. The Labute approximate surface area is 252 Å². The summed E-state index contributed by atoms with van der Waals surface area (Å²) in [5.41, 5.74) is 0. The zero-order valence-corrected chi connectivity index (χ0v) is 26.5. The van der Waals surface area contributed by atoms with Crippen molar-refractivity contribution in [2.24, 2.45) is 0 Å². The van der Waals surface area contributed by atoms with Crippen LogP contribution in [0.2, 0.25) is 5.04 Å². The van der Waals surface area contributed by atoms with Gasteiger partial charge in [-0.05, 0) is 34.0 Å². The van der Waals surface area contributed by atoms with Crippen molar-refractivity contribution in [1.29, 1.82) is 0 Å². The number of hydrogen-bond acceptors (Lipinski definition) is 7. The first kappa shape index (κ1) is 29.8. The van der Waals surface area contributed by atoms with Crippen molar-refractivity contribution in [1.82, 2.24) is 9.97 Å². The second-order valence-corrected chi connectivity index (χ2v) is 18.0. The summed E-state index contributed by atoms with van der Waals surface area (Å²) >= 11 is 1.22. The molecule has 4 aromatic rings. The van der Waals surface area contributed by atoms with Crippen molar-refractivity contribution in [2.75, 3.05) is 22.3 Å². The molecule has 0 aliphatic carbocycles. The lowest BCUT2D eigenvalue weighted by molar-refractivity contribution is -0.123. The van der Waals surface area contributed by atoms with E-state index in [9.17, 15) is 13.2 Å². The molecule has 11 heteroatoms. The molecule has 0 bridgehead atoms. The number of pyridine rings is 1. The van der Waals surface area contributed by atoms with Crippen LogP contribution in [-0.4, -0.2) is 51.8 Å². The van der Waals surface area contributed by atoms with E-state index < -0.39 is 24.4 Å².